The molecule has 9 nitrogen and oxygen atoms in total. The zero-order valence-corrected chi connectivity index (χ0v) is 19.1. The van der Waals surface area contributed by atoms with Gasteiger partial charge in [0.05, 0.1) is 18.5 Å². The van der Waals surface area contributed by atoms with Gasteiger partial charge in [0.25, 0.3) is 0 Å². The Kier molecular flexibility index (Phi) is 6.27. The Hall–Kier alpha value is -2.11. The van der Waals surface area contributed by atoms with Crippen molar-refractivity contribution in [1.29, 1.82) is 0 Å². The van der Waals surface area contributed by atoms with E-state index >= 15 is 0 Å². The molecule has 0 unspecified atom stereocenters. The van der Waals surface area contributed by atoms with Gasteiger partial charge in [-0.15, -0.1) is 11.7 Å². The number of halogens is 1. The van der Waals surface area contributed by atoms with E-state index in [4.69, 9.17) is 18.9 Å². The van der Waals surface area contributed by atoms with Crippen LogP contribution in [-0.2, 0) is 23.7 Å². The maximum Gasteiger partial charge on any atom is 0.217 e. The van der Waals surface area contributed by atoms with Gasteiger partial charge in [0.1, 0.15) is 30.0 Å². The van der Waals surface area contributed by atoms with Crippen molar-refractivity contribution < 1.29 is 23.7 Å². The molecule has 1 N–H and O–H groups in total. The summed E-state index contributed by atoms with van der Waals surface area (Å²) in [6.07, 6.45) is 1.04. The summed E-state index contributed by atoms with van der Waals surface area (Å²) in [5.74, 6) is -1.07. The third-order valence-corrected chi connectivity index (χ3v) is 5.56. The van der Waals surface area contributed by atoms with Crippen LogP contribution in [0.4, 0.5) is 0 Å². The van der Waals surface area contributed by atoms with Crippen LogP contribution in [0.1, 0.15) is 32.6 Å². The van der Waals surface area contributed by atoms with E-state index in [1.807, 2.05) is 38.1 Å². The first kappa shape index (κ1) is 22.1. The summed E-state index contributed by atoms with van der Waals surface area (Å²) in [4.78, 5) is 11.8. The van der Waals surface area contributed by atoms with Crippen LogP contribution in [0, 0.1) is 0 Å². The van der Waals surface area contributed by atoms with Crippen molar-refractivity contribution in [2.75, 3.05) is 6.61 Å². The molecule has 2 saturated heterocycles. The predicted octanol–water partition coefficient (Wildman–Crippen LogP) is 2.65. The van der Waals surface area contributed by atoms with E-state index in [2.05, 4.69) is 38.1 Å². The first-order chi connectivity index (χ1) is 14.8. The standard InChI is InChI=1S/C21H25BrN4O5/c1-5-10-28-20-16(23-12(2)27)18-19(31-21(3,4)30-18)17(29-20)15-11-26(25-24-15)14-8-6-13(22)7-9-14/h5-9,11,16-20H,1,10H2,2-4H3,(H,23,27)/t16-,17-,18-,19+,20+/m1/s1. The Bertz CT molecular complexity index is 948. The first-order valence-corrected chi connectivity index (χ1v) is 10.8. The van der Waals surface area contributed by atoms with Crippen LogP contribution in [0.2, 0.25) is 0 Å². The topological polar surface area (TPSA) is 96.7 Å². The summed E-state index contributed by atoms with van der Waals surface area (Å²) < 4.78 is 27.0. The van der Waals surface area contributed by atoms with Crippen LogP contribution in [0.25, 0.3) is 5.69 Å². The molecule has 10 heteroatoms. The molecule has 166 valence electrons. The third-order valence-electron chi connectivity index (χ3n) is 5.03. The summed E-state index contributed by atoms with van der Waals surface area (Å²) in [6, 6.07) is 7.15. The number of rotatable bonds is 6. The maximum absolute atomic E-state index is 11.8. The Morgan fingerprint density at radius 2 is 2.03 bits per heavy atom. The summed E-state index contributed by atoms with van der Waals surface area (Å²) in [7, 11) is 0. The Morgan fingerprint density at radius 3 is 2.71 bits per heavy atom. The SMILES string of the molecule is C=CCO[C@H]1O[C@H](c2cn(-c3ccc(Br)cc3)nn2)[C@@H]2OC(C)(C)O[C@@H]2[C@H]1NC(C)=O. The van der Waals surface area contributed by atoms with E-state index in [1.165, 1.54) is 6.92 Å². The number of carbonyl (C=O) groups is 1. The van der Waals surface area contributed by atoms with Gasteiger partial charge in [0.15, 0.2) is 12.1 Å². The van der Waals surface area contributed by atoms with Gasteiger partial charge in [0, 0.05) is 11.4 Å². The van der Waals surface area contributed by atoms with Crippen LogP contribution in [0.15, 0.2) is 47.6 Å². The van der Waals surface area contributed by atoms with Gasteiger partial charge in [0.2, 0.25) is 5.91 Å². The minimum atomic E-state index is -0.858. The van der Waals surface area contributed by atoms with Crippen LogP contribution >= 0.6 is 15.9 Å². The third kappa shape index (κ3) is 4.73. The lowest BCUT2D eigenvalue weighted by molar-refractivity contribution is -0.244. The van der Waals surface area contributed by atoms with Gasteiger partial charge in [-0.05, 0) is 38.1 Å². The molecule has 2 aromatic rings. The number of nitrogens with one attached hydrogen (secondary N) is 1. The van der Waals surface area contributed by atoms with Gasteiger partial charge in [-0.25, -0.2) is 4.68 Å². The normalized spacial score (nSPS) is 29.4. The average molecular weight is 493 g/mol. The second kappa shape index (κ2) is 8.79. The highest BCUT2D eigenvalue weighted by molar-refractivity contribution is 9.10. The molecule has 1 aromatic carbocycles. The number of fused-ring (bicyclic) bond motifs is 1. The largest absolute Gasteiger partial charge is 0.346 e. The van der Waals surface area contributed by atoms with Crippen molar-refractivity contribution in [2.24, 2.45) is 0 Å². The molecule has 2 aliphatic heterocycles. The fraction of sp³-hybridized carbons (Fsp3) is 0.476. The highest BCUT2D eigenvalue weighted by Crippen LogP contribution is 2.43. The number of hydrogen-bond acceptors (Lipinski definition) is 7. The molecule has 3 heterocycles. The second-order valence-electron chi connectivity index (χ2n) is 7.90. The highest BCUT2D eigenvalue weighted by Gasteiger charge is 2.56. The Morgan fingerprint density at radius 1 is 1.32 bits per heavy atom. The summed E-state index contributed by atoms with van der Waals surface area (Å²) in [5, 5.41) is 11.5. The fourth-order valence-electron chi connectivity index (χ4n) is 3.85. The Labute approximate surface area is 188 Å². The van der Waals surface area contributed by atoms with E-state index in [0.717, 1.165) is 10.2 Å². The summed E-state index contributed by atoms with van der Waals surface area (Å²) >= 11 is 3.43. The van der Waals surface area contributed by atoms with Crippen LogP contribution in [-0.4, -0.2) is 57.8 Å². The zero-order chi connectivity index (χ0) is 22.2. The van der Waals surface area contributed by atoms with E-state index in [9.17, 15) is 4.79 Å². The van der Waals surface area contributed by atoms with E-state index in [-0.39, 0.29) is 12.5 Å². The number of aromatic nitrogens is 3. The van der Waals surface area contributed by atoms with Crippen LogP contribution in [0.5, 0.6) is 0 Å². The molecule has 0 radical (unpaired) electrons. The predicted molar refractivity (Wildman–Crippen MR) is 114 cm³/mol. The quantitative estimate of drug-likeness (QED) is 0.619. The number of carbonyl (C=O) groups excluding carboxylic acids is 1. The number of ether oxygens (including phenoxy) is 4. The van der Waals surface area contributed by atoms with Crippen molar-refractivity contribution in [1.82, 2.24) is 20.3 Å². The lowest BCUT2D eigenvalue weighted by Gasteiger charge is -2.41. The van der Waals surface area contributed by atoms with Crippen LogP contribution < -0.4 is 5.32 Å². The number of hydrogen-bond donors (Lipinski definition) is 1. The molecular weight excluding hydrogens is 468 g/mol. The van der Waals surface area contributed by atoms with Gasteiger partial charge >= 0.3 is 0 Å². The molecule has 1 amide bonds. The van der Waals surface area contributed by atoms with E-state index in [0.29, 0.717) is 5.69 Å². The van der Waals surface area contributed by atoms with Gasteiger partial charge in [-0.3, -0.25) is 4.79 Å². The van der Waals surface area contributed by atoms with Crippen LogP contribution in [0.3, 0.4) is 0 Å². The maximum atomic E-state index is 11.8. The molecule has 4 rings (SSSR count). The van der Waals surface area contributed by atoms with Gasteiger partial charge in [-0.1, -0.05) is 27.2 Å². The Balaban J connectivity index is 1.66. The van der Waals surface area contributed by atoms with Crippen molar-refractivity contribution in [2.45, 2.75) is 57.2 Å². The molecular formula is C21H25BrN4O5. The number of amides is 1. The highest BCUT2D eigenvalue weighted by atomic mass is 79.9. The molecule has 5 atom stereocenters. The fourth-order valence-corrected chi connectivity index (χ4v) is 4.11. The lowest BCUT2D eigenvalue weighted by atomic mass is 9.95. The average Bonchev–Trinajstić information content (AvgIpc) is 3.31. The monoisotopic (exact) mass is 492 g/mol. The summed E-state index contributed by atoms with van der Waals surface area (Å²) in [5.41, 5.74) is 1.43. The molecule has 0 saturated carbocycles. The molecule has 1 aromatic heterocycles. The minimum absolute atomic E-state index is 0.215. The minimum Gasteiger partial charge on any atom is -0.346 e. The molecule has 0 spiro atoms. The zero-order valence-electron chi connectivity index (χ0n) is 17.5. The molecule has 0 aliphatic carbocycles. The lowest BCUT2D eigenvalue weighted by Crippen LogP contribution is -2.60. The summed E-state index contributed by atoms with van der Waals surface area (Å²) in [6.45, 7) is 9.03. The van der Waals surface area contributed by atoms with Crippen molar-refractivity contribution >= 4 is 21.8 Å². The smallest absolute Gasteiger partial charge is 0.217 e. The molecule has 0 bridgehead atoms. The van der Waals surface area contributed by atoms with Gasteiger partial charge < -0.3 is 24.3 Å². The van der Waals surface area contributed by atoms with Crippen molar-refractivity contribution in [3.63, 3.8) is 0 Å². The molecule has 31 heavy (non-hydrogen) atoms. The van der Waals surface area contributed by atoms with E-state index < -0.39 is 36.4 Å². The van der Waals surface area contributed by atoms with Gasteiger partial charge in [-0.2, -0.15) is 0 Å². The first-order valence-electron chi connectivity index (χ1n) is 9.96. The van der Waals surface area contributed by atoms with E-state index in [1.54, 1.807) is 17.0 Å². The van der Waals surface area contributed by atoms with Crippen molar-refractivity contribution in [3.05, 3.63) is 53.3 Å². The van der Waals surface area contributed by atoms with Crippen molar-refractivity contribution in [3.8, 4) is 5.69 Å². The molecule has 2 aliphatic rings. The second-order valence-corrected chi connectivity index (χ2v) is 8.82. The number of benzene rings is 1. The number of nitrogens with zero attached hydrogens (tertiary/aromatic N) is 3. The molecule has 2 fully saturated rings.